The number of nitrogens with zero attached hydrogens (tertiary/aromatic N) is 1. The summed E-state index contributed by atoms with van der Waals surface area (Å²) in [7, 11) is -6.29. The van der Waals surface area contributed by atoms with Crippen LogP contribution in [-0.2, 0) is 20.0 Å². The van der Waals surface area contributed by atoms with Crippen LogP contribution < -0.4 is 14.8 Å². The summed E-state index contributed by atoms with van der Waals surface area (Å²) < 4.78 is 60.9. The number of halogens is 1. The number of benzene rings is 3. The third-order valence-electron chi connectivity index (χ3n) is 5.88. The van der Waals surface area contributed by atoms with Crippen molar-refractivity contribution in [3.63, 3.8) is 0 Å². The second kappa shape index (κ2) is 11.1. The van der Waals surface area contributed by atoms with Gasteiger partial charge in [0, 0.05) is 35.1 Å². The van der Waals surface area contributed by atoms with Crippen LogP contribution >= 0.6 is 11.6 Å². The molecule has 1 saturated heterocycles. The molecule has 37 heavy (non-hydrogen) atoms. The van der Waals surface area contributed by atoms with Gasteiger partial charge in [-0.2, -0.15) is 4.31 Å². The molecule has 0 aliphatic carbocycles. The highest BCUT2D eigenvalue weighted by Gasteiger charge is 2.29. The Morgan fingerprint density at radius 2 is 1.49 bits per heavy atom. The van der Waals surface area contributed by atoms with Crippen molar-refractivity contribution in [3.05, 3.63) is 77.3 Å². The zero-order chi connectivity index (χ0) is 26.6. The highest BCUT2D eigenvalue weighted by atomic mass is 35.5. The van der Waals surface area contributed by atoms with Crippen LogP contribution in [0.15, 0.2) is 76.5 Å². The Balaban J connectivity index is 1.51. The Morgan fingerprint density at radius 3 is 2.11 bits per heavy atom. The lowest BCUT2D eigenvalue weighted by atomic mass is 10.2. The standard InChI is InChI=1S/C25H26ClN3O6S2/c1-35-23-14-11-21(17-24(23)37(33,34)29-15-3-2-4-16-29)27-25(30)18-5-12-22(13-6-18)36(31,32)28-20-9-7-19(26)8-10-20/h5-14,17,28H,2-4,15-16H2,1H3,(H,27,30). The van der Waals surface area contributed by atoms with Gasteiger partial charge in [-0.3, -0.25) is 9.52 Å². The summed E-state index contributed by atoms with van der Waals surface area (Å²) in [4.78, 5) is 12.8. The molecule has 0 radical (unpaired) electrons. The number of ether oxygens (including phenoxy) is 1. The van der Waals surface area contributed by atoms with Crippen LogP contribution in [0.2, 0.25) is 5.02 Å². The predicted molar refractivity (Wildman–Crippen MR) is 142 cm³/mol. The molecule has 0 bridgehead atoms. The molecule has 12 heteroatoms. The average Bonchev–Trinajstić information content (AvgIpc) is 2.90. The molecule has 0 saturated carbocycles. The molecule has 9 nitrogen and oxygen atoms in total. The van der Waals surface area contributed by atoms with Crippen LogP contribution in [0.5, 0.6) is 5.75 Å². The number of amides is 1. The third-order valence-corrected chi connectivity index (χ3v) is 9.45. The molecule has 1 amide bonds. The van der Waals surface area contributed by atoms with Crippen LogP contribution in [0.25, 0.3) is 0 Å². The number of hydrogen-bond acceptors (Lipinski definition) is 6. The number of methoxy groups -OCH3 is 1. The van der Waals surface area contributed by atoms with E-state index in [0.29, 0.717) is 23.8 Å². The van der Waals surface area contributed by atoms with E-state index in [2.05, 4.69) is 10.0 Å². The number of sulfonamides is 2. The van der Waals surface area contributed by atoms with Crippen LogP contribution in [0.4, 0.5) is 11.4 Å². The number of rotatable bonds is 8. The monoisotopic (exact) mass is 563 g/mol. The fourth-order valence-corrected chi connectivity index (χ4v) is 6.80. The lowest BCUT2D eigenvalue weighted by molar-refractivity contribution is 0.102. The van der Waals surface area contributed by atoms with Crippen molar-refractivity contribution in [1.29, 1.82) is 0 Å². The first kappa shape index (κ1) is 26.9. The second-order valence-corrected chi connectivity index (χ2v) is 12.4. The predicted octanol–water partition coefficient (Wildman–Crippen LogP) is 4.58. The van der Waals surface area contributed by atoms with Gasteiger partial charge in [0.2, 0.25) is 10.0 Å². The Morgan fingerprint density at radius 1 is 0.865 bits per heavy atom. The van der Waals surface area contributed by atoms with E-state index < -0.39 is 26.0 Å². The van der Waals surface area contributed by atoms with Crippen LogP contribution in [-0.4, -0.2) is 47.2 Å². The minimum Gasteiger partial charge on any atom is -0.495 e. The number of piperidine rings is 1. The number of carbonyl (C=O) groups is 1. The van der Waals surface area contributed by atoms with Crippen molar-refractivity contribution in [2.45, 2.75) is 29.1 Å². The smallest absolute Gasteiger partial charge is 0.261 e. The van der Waals surface area contributed by atoms with Gasteiger partial charge >= 0.3 is 0 Å². The summed E-state index contributed by atoms with van der Waals surface area (Å²) in [6.45, 7) is 0.869. The van der Waals surface area contributed by atoms with Gasteiger partial charge < -0.3 is 10.1 Å². The molecule has 1 heterocycles. The molecule has 0 atom stereocenters. The lowest BCUT2D eigenvalue weighted by Gasteiger charge is -2.26. The molecule has 196 valence electrons. The summed E-state index contributed by atoms with van der Waals surface area (Å²) in [5.41, 5.74) is 0.810. The molecule has 0 spiro atoms. The number of nitrogens with one attached hydrogen (secondary N) is 2. The molecule has 1 aliphatic heterocycles. The summed E-state index contributed by atoms with van der Waals surface area (Å²) in [6, 6.07) is 16.0. The first-order valence-electron chi connectivity index (χ1n) is 11.5. The fourth-order valence-electron chi connectivity index (χ4n) is 3.92. The van der Waals surface area contributed by atoms with Crippen molar-refractivity contribution in [2.24, 2.45) is 0 Å². The maximum absolute atomic E-state index is 13.2. The van der Waals surface area contributed by atoms with E-state index in [1.807, 2.05) is 0 Å². The van der Waals surface area contributed by atoms with E-state index in [1.54, 1.807) is 18.2 Å². The van der Waals surface area contributed by atoms with E-state index in [9.17, 15) is 21.6 Å². The van der Waals surface area contributed by atoms with Crippen LogP contribution in [0, 0.1) is 0 Å². The van der Waals surface area contributed by atoms with E-state index in [1.165, 1.54) is 59.9 Å². The molecule has 3 aromatic carbocycles. The molecule has 4 rings (SSSR count). The second-order valence-electron chi connectivity index (χ2n) is 8.42. The summed E-state index contributed by atoms with van der Waals surface area (Å²) in [6.07, 6.45) is 2.56. The van der Waals surface area contributed by atoms with Gasteiger partial charge in [0.1, 0.15) is 10.6 Å². The first-order valence-corrected chi connectivity index (χ1v) is 14.8. The van der Waals surface area contributed by atoms with E-state index in [4.69, 9.17) is 16.3 Å². The van der Waals surface area contributed by atoms with Crippen molar-refractivity contribution in [3.8, 4) is 5.75 Å². The van der Waals surface area contributed by atoms with Gasteiger partial charge in [-0.05, 0) is 79.6 Å². The first-order chi connectivity index (χ1) is 17.6. The van der Waals surface area contributed by atoms with Crippen molar-refractivity contribution in [2.75, 3.05) is 30.2 Å². The summed E-state index contributed by atoms with van der Waals surface area (Å²) >= 11 is 5.83. The minimum atomic E-state index is -3.88. The zero-order valence-corrected chi connectivity index (χ0v) is 22.4. The normalized spacial score (nSPS) is 14.6. The molecule has 1 fully saturated rings. The number of carbonyl (C=O) groups excluding carboxylic acids is 1. The van der Waals surface area contributed by atoms with Crippen molar-refractivity contribution < 1.29 is 26.4 Å². The summed E-state index contributed by atoms with van der Waals surface area (Å²) in [5, 5.41) is 3.15. The largest absolute Gasteiger partial charge is 0.495 e. The maximum atomic E-state index is 13.2. The Kier molecular flexibility index (Phi) is 8.08. The van der Waals surface area contributed by atoms with Gasteiger partial charge in [-0.1, -0.05) is 18.0 Å². The average molecular weight is 564 g/mol. The highest BCUT2D eigenvalue weighted by molar-refractivity contribution is 7.92. The fraction of sp³-hybridized carbons (Fsp3) is 0.240. The third kappa shape index (κ3) is 6.24. The van der Waals surface area contributed by atoms with Gasteiger partial charge in [0.05, 0.1) is 12.0 Å². The number of hydrogen-bond donors (Lipinski definition) is 2. The van der Waals surface area contributed by atoms with E-state index in [-0.39, 0.29) is 26.8 Å². The SMILES string of the molecule is COc1ccc(NC(=O)c2ccc(S(=O)(=O)Nc3ccc(Cl)cc3)cc2)cc1S(=O)(=O)N1CCCCC1. The molecule has 1 aliphatic rings. The molecule has 3 aromatic rings. The van der Waals surface area contributed by atoms with E-state index >= 15 is 0 Å². The Hall–Kier alpha value is -3.12. The van der Waals surface area contributed by atoms with Gasteiger partial charge in [0.25, 0.3) is 15.9 Å². The zero-order valence-electron chi connectivity index (χ0n) is 20.0. The Bertz CT molecular complexity index is 1490. The number of anilines is 2. The molecule has 2 N–H and O–H groups in total. The lowest BCUT2D eigenvalue weighted by Crippen LogP contribution is -2.35. The minimum absolute atomic E-state index is 0.0237. The van der Waals surface area contributed by atoms with Gasteiger partial charge in [-0.25, -0.2) is 16.8 Å². The van der Waals surface area contributed by atoms with Crippen LogP contribution in [0.1, 0.15) is 29.6 Å². The quantitative estimate of drug-likeness (QED) is 0.414. The maximum Gasteiger partial charge on any atom is 0.261 e. The topological polar surface area (TPSA) is 122 Å². The van der Waals surface area contributed by atoms with Crippen molar-refractivity contribution in [1.82, 2.24) is 4.31 Å². The van der Waals surface area contributed by atoms with Gasteiger partial charge in [-0.15, -0.1) is 0 Å². The molecule has 0 aromatic heterocycles. The van der Waals surface area contributed by atoms with Crippen molar-refractivity contribution >= 4 is 48.9 Å². The van der Waals surface area contributed by atoms with Crippen LogP contribution in [0.3, 0.4) is 0 Å². The van der Waals surface area contributed by atoms with Gasteiger partial charge in [0.15, 0.2) is 0 Å². The molecule has 0 unspecified atom stereocenters. The molecular formula is C25H26ClN3O6S2. The Labute approximate surface area is 221 Å². The van der Waals surface area contributed by atoms with E-state index in [0.717, 1.165) is 19.3 Å². The highest BCUT2D eigenvalue weighted by Crippen LogP contribution is 2.31. The summed E-state index contributed by atoms with van der Waals surface area (Å²) in [5.74, 6) is -0.340. The molecular weight excluding hydrogens is 538 g/mol.